The predicted molar refractivity (Wildman–Crippen MR) is 163 cm³/mol. The van der Waals surface area contributed by atoms with Gasteiger partial charge in [-0.1, -0.05) is 25.1 Å². The van der Waals surface area contributed by atoms with Crippen molar-refractivity contribution in [2.75, 3.05) is 70.2 Å². The van der Waals surface area contributed by atoms with Crippen molar-refractivity contribution in [1.82, 2.24) is 24.8 Å². The van der Waals surface area contributed by atoms with Crippen LogP contribution < -0.4 is 15.4 Å². The van der Waals surface area contributed by atoms with Gasteiger partial charge in [0.2, 0.25) is 5.91 Å². The topological polar surface area (TPSA) is 110 Å². The molecule has 1 aromatic carbocycles. The van der Waals surface area contributed by atoms with Crippen molar-refractivity contribution < 1.29 is 27.4 Å². The van der Waals surface area contributed by atoms with Crippen LogP contribution >= 0.6 is 11.6 Å². The third kappa shape index (κ3) is 6.84. The summed E-state index contributed by atoms with van der Waals surface area (Å²) in [5, 5.41) is 0.567. The lowest BCUT2D eigenvalue weighted by Gasteiger charge is -2.35. The maximum absolute atomic E-state index is 14.0. The molecule has 2 N–H and O–H groups in total. The first-order chi connectivity index (χ1) is 21.0. The quantitative estimate of drug-likeness (QED) is 0.340. The highest BCUT2D eigenvalue weighted by Gasteiger charge is 2.36. The number of likely N-dealkylation sites (tertiary alicyclic amines) is 1. The number of pyridine rings is 1. The molecule has 14 heteroatoms. The van der Waals surface area contributed by atoms with E-state index in [1.807, 2.05) is 4.90 Å². The molecule has 0 aliphatic carbocycles. The minimum atomic E-state index is -4.69. The van der Waals surface area contributed by atoms with Crippen LogP contribution in [0.15, 0.2) is 36.9 Å². The number of nitrogen functional groups attached to an aromatic ring is 1. The molecule has 2 atom stereocenters. The van der Waals surface area contributed by atoms with Crippen molar-refractivity contribution in [3.63, 3.8) is 0 Å². The zero-order chi connectivity index (χ0) is 31.6. The lowest BCUT2D eigenvalue weighted by molar-refractivity contribution is -0.137. The number of fused-ring (bicyclic) bond motifs is 1. The van der Waals surface area contributed by atoms with E-state index in [0.717, 1.165) is 31.6 Å². The highest BCUT2D eigenvalue weighted by Crippen LogP contribution is 2.41. The van der Waals surface area contributed by atoms with Gasteiger partial charge in [-0.15, -0.1) is 0 Å². The monoisotopic (exact) mass is 633 g/mol. The Balaban J connectivity index is 1.55. The fourth-order valence-corrected chi connectivity index (χ4v) is 6.09. The van der Waals surface area contributed by atoms with Gasteiger partial charge in [0, 0.05) is 63.4 Å². The van der Waals surface area contributed by atoms with E-state index in [1.165, 1.54) is 12.1 Å². The molecule has 44 heavy (non-hydrogen) atoms. The molecule has 0 radical (unpaired) electrons. The second-order valence-electron chi connectivity index (χ2n) is 11.1. The summed E-state index contributed by atoms with van der Waals surface area (Å²) in [5.41, 5.74) is 4.80. The van der Waals surface area contributed by atoms with Gasteiger partial charge >= 0.3 is 12.2 Å². The SMILES string of the molecule is C=CC(=O)N1CCN(c2nc(OCC3CC(C)CN3CCOC)nc3cc(-c4nc(N)ccc4C(F)(F)F)c(Cl)cc23)CC1. The van der Waals surface area contributed by atoms with Crippen molar-refractivity contribution in [1.29, 1.82) is 0 Å². The Bertz CT molecular complexity index is 1530. The minimum Gasteiger partial charge on any atom is -0.462 e. The highest BCUT2D eigenvalue weighted by atomic mass is 35.5. The molecule has 5 rings (SSSR count). The van der Waals surface area contributed by atoms with Gasteiger partial charge in [0.25, 0.3) is 0 Å². The Kier molecular flexibility index (Phi) is 9.47. The number of aromatic nitrogens is 3. The van der Waals surface area contributed by atoms with E-state index in [2.05, 4.69) is 28.4 Å². The third-order valence-corrected chi connectivity index (χ3v) is 8.32. The van der Waals surface area contributed by atoms with Crippen molar-refractivity contribution in [3.05, 3.63) is 47.5 Å². The van der Waals surface area contributed by atoms with E-state index in [-0.39, 0.29) is 34.4 Å². The fraction of sp³-hybridized carbons (Fsp3) is 0.467. The normalized spacial score (nSPS) is 19.5. The van der Waals surface area contributed by atoms with E-state index in [0.29, 0.717) is 62.0 Å². The molecule has 236 valence electrons. The number of halogens is 4. The molecular weight excluding hydrogens is 599 g/mol. The smallest absolute Gasteiger partial charge is 0.418 e. The van der Waals surface area contributed by atoms with Crippen molar-refractivity contribution in [2.24, 2.45) is 5.92 Å². The van der Waals surface area contributed by atoms with Gasteiger partial charge in [0.05, 0.1) is 28.4 Å². The summed E-state index contributed by atoms with van der Waals surface area (Å²) in [4.78, 5) is 31.5. The van der Waals surface area contributed by atoms with Crippen LogP contribution in [-0.4, -0.2) is 96.3 Å². The van der Waals surface area contributed by atoms with Crippen molar-refractivity contribution in [2.45, 2.75) is 25.6 Å². The molecule has 0 spiro atoms. The van der Waals surface area contributed by atoms with Gasteiger partial charge in [-0.05, 0) is 42.7 Å². The molecule has 0 bridgehead atoms. The number of carbonyl (C=O) groups is 1. The van der Waals surface area contributed by atoms with E-state index in [9.17, 15) is 18.0 Å². The number of amides is 1. The first-order valence-electron chi connectivity index (χ1n) is 14.4. The highest BCUT2D eigenvalue weighted by molar-refractivity contribution is 6.34. The average molecular weight is 634 g/mol. The summed E-state index contributed by atoms with van der Waals surface area (Å²) < 4.78 is 53.3. The number of anilines is 2. The molecule has 2 aromatic heterocycles. The Morgan fingerprint density at radius 2 is 1.93 bits per heavy atom. The van der Waals surface area contributed by atoms with E-state index in [1.54, 1.807) is 18.1 Å². The van der Waals surface area contributed by atoms with Crippen LogP contribution in [0.3, 0.4) is 0 Å². The van der Waals surface area contributed by atoms with Crippen molar-refractivity contribution in [3.8, 4) is 17.3 Å². The number of nitrogens with zero attached hydrogens (tertiary/aromatic N) is 6. The Morgan fingerprint density at radius 1 is 1.18 bits per heavy atom. The van der Waals surface area contributed by atoms with Gasteiger partial charge in [-0.3, -0.25) is 9.69 Å². The average Bonchev–Trinajstić information content (AvgIpc) is 3.36. The standard InChI is InChI=1S/C30H35ClF3N7O3/c1-4-26(42)39-7-9-40(10-8-39)28-21-14-23(31)20(27-22(30(32,33)34)5-6-25(35)37-27)15-24(21)36-29(38-28)44-17-19-13-18(2)16-41(19)11-12-43-3/h4-6,14-15,18-19H,1,7-13,16-17H2,2-3H3,(H2,35,37). The van der Waals surface area contributed by atoms with Crippen LogP contribution in [0.25, 0.3) is 22.2 Å². The van der Waals surface area contributed by atoms with Crippen molar-refractivity contribution >= 4 is 40.0 Å². The summed E-state index contributed by atoms with van der Waals surface area (Å²) in [7, 11) is 1.67. The molecule has 3 aromatic rings. The van der Waals surface area contributed by atoms with Crippen LogP contribution in [0.2, 0.25) is 5.02 Å². The lowest BCUT2D eigenvalue weighted by Crippen LogP contribution is -2.48. The number of nitrogens with two attached hydrogens (primary N) is 1. The number of methoxy groups -OCH3 is 1. The molecule has 2 unspecified atom stereocenters. The lowest BCUT2D eigenvalue weighted by atomic mass is 10.0. The molecule has 2 aliphatic rings. The maximum atomic E-state index is 14.0. The largest absolute Gasteiger partial charge is 0.462 e. The first kappa shape index (κ1) is 31.7. The zero-order valence-electron chi connectivity index (χ0n) is 24.6. The summed E-state index contributed by atoms with van der Waals surface area (Å²) in [6, 6.07) is 5.22. The molecule has 4 heterocycles. The van der Waals surface area contributed by atoms with Crippen LogP contribution in [0.4, 0.5) is 24.8 Å². The number of hydrogen-bond acceptors (Lipinski definition) is 9. The molecule has 2 aliphatic heterocycles. The second kappa shape index (κ2) is 13.1. The number of piperazine rings is 1. The van der Waals surface area contributed by atoms with Crippen LogP contribution in [0, 0.1) is 5.92 Å². The second-order valence-corrected chi connectivity index (χ2v) is 11.5. The number of rotatable bonds is 9. The summed E-state index contributed by atoms with van der Waals surface area (Å²) in [6.07, 6.45) is -2.47. The summed E-state index contributed by atoms with van der Waals surface area (Å²) >= 11 is 6.63. The van der Waals surface area contributed by atoms with E-state index >= 15 is 0 Å². The predicted octanol–water partition coefficient (Wildman–Crippen LogP) is 4.52. The van der Waals surface area contributed by atoms with Gasteiger partial charge < -0.3 is 25.0 Å². The first-order valence-corrected chi connectivity index (χ1v) is 14.7. The summed E-state index contributed by atoms with van der Waals surface area (Å²) in [6.45, 7) is 10.2. The van der Waals surface area contributed by atoms with Gasteiger partial charge in [0.1, 0.15) is 18.2 Å². The fourth-order valence-electron chi connectivity index (χ4n) is 5.84. The molecule has 0 saturated carbocycles. The van der Waals surface area contributed by atoms with Gasteiger partial charge in [0.15, 0.2) is 0 Å². The van der Waals surface area contributed by atoms with Crippen LogP contribution in [0.5, 0.6) is 6.01 Å². The Morgan fingerprint density at radius 3 is 2.61 bits per heavy atom. The minimum absolute atomic E-state index is 0.0335. The number of carbonyl (C=O) groups excluding carboxylic acids is 1. The summed E-state index contributed by atoms with van der Waals surface area (Å²) in [5.74, 6) is 0.762. The number of alkyl halides is 3. The van der Waals surface area contributed by atoms with Gasteiger partial charge in [-0.25, -0.2) is 4.98 Å². The number of hydrogen-bond donors (Lipinski definition) is 1. The van der Waals surface area contributed by atoms with E-state index in [4.69, 9.17) is 31.8 Å². The van der Waals surface area contributed by atoms with Gasteiger partial charge in [-0.2, -0.15) is 23.1 Å². The third-order valence-electron chi connectivity index (χ3n) is 8.01. The molecule has 2 saturated heterocycles. The molecular formula is C30H35ClF3N7O3. The maximum Gasteiger partial charge on any atom is 0.418 e. The van der Waals surface area contributed by atoms with Crippen LogP contribution in [0.1, 0.15) is 18.9 Å². The molecule has 10 nitrogen and oxygen atoms in total. The van der Waals surface area contributed by atoms with E-state index < -0.39 is 17.4 Å². The molecule has 2 fully saturated rings. The Hall–Kier alpha value is -3.68. The Labute approximate surface area is 258 Å². The zero-order valence-corrected chi connectivity index (χ0v) is 25.4. The number of benzene rings is 1. The molecule has 1 amide bonds. The van der Waals surface area contributed by atoms with Crippen LogP contribution in [-0.2, 0) is 15.7 Å². The number of ether oxygens (including phenoxy) is 2.